The minimum atomic E-state index is 0.294. The van der Waals surface area contributed by atoms with E-state index in [9.17, 15) is 0 Å². The monoisotopic (exact) mass is 290 g/mol. The van der Waals surface area contributed by atoms with Crippen molar-refractivity contribution in [1.29, 1.82) is 0 Å². The van der Waals surface area contributed by atoms with Crippen molar-refractivity contribution in [2.24, 2.45) is 5.84 Å². The first kappa shape index (κ1) is 10.9. The van der Waals surface area contributed by atoms with Crippen LogP contribution in [-0.4, -0.2) is 0 Å². The lowest BCUT2D eigenvalue weighted by Gasteiger charge is -2.14. The van der Waals surface area contributed by atoms with Gasteiger partial charge >= 0.3 is 0 Å². The molecule has 1 aromatic carbocycles. The maximum atomic E-state index is 5.48. The Morgan fingerprint density at radius 2 is 2.00 bits per heavy atom. The molecule has 1 aromatic rings. The Morgan fingerprint density at radius 3 is 2.46 bits per heavy atom. The van der Waals surface area contributed by atoms with Crippen LogP contribution in [0.2, 0.25) is 0 Å². The van der Waals surface area contributed by atoms with Crippen molar-refractivity contribution in [2.45, 2.75) is 25.8 Å². The molecule has 0 aliphatic carbocycles. The summed E-state index contributed by atoms with van der Waals surface area (Å²) in [7, 11) is 0. The van der Waals surface area contributed by atoms with E-state index < -0.39 is 0 Å². The van der Waals surface area contributed by atoms with Crippen LogP contribution in [0.4, 0.5) is 0 Å². The van der Waals surface area contributed by atoms with Crippen molar-refractivity contribution >= 4 is 22.6 Å². The average molecular weight is 290 g/mol. The standard InChI is InChI=1S/C10H15IN2/c1-2-3-10(13-12)8-4-6-9(11)7-5-8/h4-7,10,13H,2-3,12H2,1H3. The summed E-state index contributed by atoms with van der Waals surface area (Å²) in [6.07, 6.45) is 2.22. The van der Waals surface area contributed by atoms with Crippen LogP contribution in [0.25, 0.3) is 0 Å². The lowest BCUT2D eigenvalue weighted by Crippen LogP contribution is -2.27. The molecule has 1 atom stereocenters. The van der Waals surface area contributed by atoms with Gasteiger partial charge in [0.05, 0.1) is 0 Å². The quantitative estimate of drug-likeness (QED) is 0.508. The molecule has 3 heteroatoms. The number of hydrogen-bond acceptors (Lipinski definition) is 2. The van der Waals surface area contributed by atoms with Gasteiger partial charge in [-0.2, -0.15) is 0 Å². The van der Waals surface area contributed by atoms with Crippen LogP contribution in [-0.2, 0) is 0 Å². The number of nitrogens with one attached hydrogen (secondary N) is 1. The summed E-state index contributed by atoms with van der Waals surface area (Å²) in [5, 5.41) is 0. The molecule has 1 unspecified atom stereocenters. The van der Waals surface area contributed by atoms with Crippen molar-refractivity contribution in [3.05, 3.63) is 33.4 Å². The second-order valence-electron chi connectivity index (χ2n) is 3.06. The van der Waals surface area contributed by atoms with Gasteiger partial charge < -0.3 is 0 Å². The first-order chi connectivity index (χ1) is 6.27. The number of rotatable bonds is 4. The van der Waals surface area contributed by atoms with Gasteiger partial charge in [-0.05, 0) is 46.7 Å². The van der Waals surface area contributed by atoms with Gasteiger partial charge in [0.25, 0.3) is 0 Å². The van der Waals surface area contributed by atoms with Crippen LogP contribution in [0, 0.1) is 3.57 Å². The minimum Gasteiger partial charge on any atom is -0.271 e. The van der Waals surface area contributed by atoms with Crippen LogP contribution < -0.4 is 11.3 Å². The average Bonchev–Trinajstić information content (AvgIpc) is 2.16. The van der Waals surface area contributed by atoms with E-state index in [4.69, 9.17) is 5.84 Å². The van der Waals surface area contributed by atoms with Crippen LogP contribution in [0.5, 0.6) is 0 Å². The number of hydrogen-bond donors (Lipinski definition) is 2. The predicted molar refractivity (Wildman–Crippen MR) is 64.1 cm³/mol. The SMILES string of the molecule is CCCC(NN)c1ccc(I)cc1. The van der Waals surface area contributed by atoms with E-state index in [0.29, 0.717) is 6.04 Å². The number of benzene rings is 1. The summed E-state index contributed by atoms with van der Waals surface area (Å²) in [5.74, 6) is 5.48. The molecule has 0 radical (unpaired) electrons. The van der Waals surface area contributed by atoms with E-state index in [1.54, 1.807) is 0 Å². The molecule has 0 bridgehead atoms. The Kier molecular flexibility index (Phi) is 4.69. The van der Waals surface area contributed by atoms with E-state index >= 15 is 0 Å². The molecule has 0 aromatic heterocycles. The van der Waals surface area contributed by atoms with E-state index in [2.05, 4.69) is 59.2 Å². The number of hydrazine groups is 1. The Morgan fingerprint density at radius 1 is 1.38 bits per heavy atom. The maximum absolute atomic E-state index is 5.48. The smallest absolute Gasteiger partial charge is 0.0459 e. The lowest BCUT2D eigenvalue weighted by molar-refractivity contribution is 0.510. The predicted octanol–water partition coefficient (Wildman–Crippen LogP) is 2.60. The van der Waals surface area contributed by atoms with Crippen LogP contribution >= 0.6 is 22.6 Å². The van der Waals surface area contributed by atoms with Gasteiger partial charge in [0.2, 0.25) is 0 Å². The highest BCUT2D eigenvalue weighted by Crippen LogP contribution is 2.18. The summed E-state index contributed by atoms with van der Waals surface area (Å²) in [6, 6.07) is 8.76. The van der Waals surface area contributed by atoms with Gasteiger partial charge in [-0.25, -0.2) is 0 Å². The van der Waals surface area contributed by atoms with Crippen LogP contribution in [0.1, 0.15) is 31.4 Å². The highest BCUT2D eigenvalue weighted by atomic mass is 127. The molecular formula is C10H15IN2. The zero-order valence-electron chi connectivity index (χ0n) is 7.76. The fraction of sp³-hybridized carbons (Fsp3) is 0.400. The van der Waals surface area contributed by atoms with Crippen molar-refractivity contribution in [2.75, 3.05) is 0 Å². The summed E-state index contributed by atoms with van der Waals surface area (Å²) in [4.78, 5) is 0. The maximum Gasteiger partial charge on any atom is 0.0459 e. The third kappa shape index (κ3) is 3.25. The third-order valence-electron chi connectivity index (χ3n) is 2.05. The Bertz CT molecular complexity index is 246. The fourth-order valence-corrected chi connectivity index (χ4v) is 1.69. The van der Waals surface area contributed by atoms with Gasteiger partial charge in [0.1, 0.15) is 0 Å². The molecular weight excluding hydrogens is 275 g/mol. The molecule has 13 heavy (non-hydrogen) atoms. The molecule has 2 nitrogen and oxygen atoms in total. The van der Waals surface area contributed by atoms with Gasteiger partial charge in [-0.15, -0.1) is 0 Å². The first-order valence-electron chi connectivity index (χ1n) is 4.49. The van der Waals surface area contributed by atoms with Crippen molar-refractivity contribution < 1.29 is 0 Å². The normalized spacial score (nSPS) is 12.8. The van der Waals surface area contributed by atoms with Crippen molar-refractivity contribution in [1.82, 2.24) is 5.43 Å². The zero-order valence-corrected chi connectivity index (χ0v) is 9.91. The van der Waals surface area contributed by atoms with Gasteiger partial charge in [-0.1, -0.05) is 25.5 Å². The largest absolute Gasteiger partial charge is 0.271 e. The highest BCUT2D eigenvalue weighted by Gasteiger charge is 2.06. The molecule has 0 aliphatic rings. The first-order valence-corrected chi connectivity index (χ1v) is 5.57. The van der Waals surface area contributed by atoms with Crippen molar-refractivity contribution in [3.63, 3.8) is 0 Å². The second kappa shape index (κ2) is 5.57. The highest BCUT2D eigenvalue weighted by molar-refractivity contribution is 14.1. The molecule has 0 amide bonds. The van der Waals surface area contributed by atoms with Crippen LogP contribution in [0.3, 0.4) is 0 Å². The zero-order chi connectivity index (χ0) is 9.68. The summed E-state index contributed by atoms with van der Waals surface area (Å²) < 4.78 is 1.26. The Hall–Kier alpha value is -0.130. The van der Waals surface area contributed by atoms with Crippen molar-refractivity contribution in [3.8, 4) is 0 Å². The summed E-state index contributed by atoms with van der Waals surface area (Å²) in [5.41, 5.74) is 4.10. The molecule has 72 valence electrons. The molecule has 1 rings (SSSR count). The van der Waals surface area contributed by atoms with Gasteiger partial charge in [0.15, 0.2) is 0 Å². The van der Waals surface area contributed by atoms with E-state index in [1.807, 2.05) is 0 Å². The number of halogens is 1. The molecule has 0 saturated carbocycles. The number of nitrogens with two attached hydrogens (primary N) is 1. The van der Waals surface area contributed by atoms with E-state index in [0.717, 1.165) is 12.8 Å². The minimum absolute atomic E-state index is 0.294. The summed E-state index contributed by atoms with van der Waals surface area (Å²) >= 11 is 2.30. The Labute approximate surface area is 93.0 Å². The molecule has 0 saturated heterocycles. The lowest BCUT2D eigenvalue weighted by atomic mass is 10.0. The molecule has 0 aliphatic heterocycles. The topological polar surface area (TPSA) is 38.0 Å². The van der Waals surface area contributed by atoms with E-state index in [1.165, 1.54) is 9.13 Å². The van der Waals surface area contributed by atoms with Crippen LogP contribution in [0.15, 0.2) is 24.3 Å². The van der Waals surface area contributed by atoms with Gasteiger partial charge in [-0.3, -0.25) is 11.3 Å². The molecule has 0 fully saturated rings. The van der Waals surface area contributed by atoms with E-state index in [-0.39, 0.29) is 0 Å². The molecule has 3 N–H and O–H groups in total. The molecule has 0 spiro atoms. The van der Waals surface area contributed by atoms with Gasteiger partial charge in [0, 0.05) is 9.61 Å². The Balaban J connectivity index is 2.73. The molecule has 0 heterocycles. The fourth-order valence-electron chi connectivity index (χ4n) is 1.33. The third-order valence-corrected chi connectivity index (χ3v) is 2.77. The second-order valence-corrected chi connectivity index (χ2v) is 4.31. The summed E-state index contributed by atoms with van der Waals surface area (Å²) in [6.45, 7) is 2.16.